The van der Waals surface area contributed by atoms with Gasteiger partial charge in [0.05, 0.1) is 5.37 Å². The SMILES string of the molecule is CC(=O)NSC1NCC2C(N1)SC1=CC=CCC12. The van der Waals surface area contributed by atoms with Crippen molar-refractivity contribution in [2.75, 3.05) is 6.54 Å². The van der Waals surface area contributed by atoms with Gasteiger partial charge in [0, 0.05) is 19.4 Å². The summed E-state index contributed by atoms with van der Waals surface area (Å²) in [5.74, 6) is 1.32. The molecule has 98 valence electrons. The lowest BCUT2D eigenvalue weighted by molar-refractivity contribution is -0.117. The molecule has 0 aromatic heterocycles. The minimum atomic E-state index is -0.00891. The van der Waals surface area contributed by atoms with Crippen molar-refractivity contribution in [3.63, 3.8) is 0 Å². The topological polar surface area (TPSA) is 53.2 Å². The number of hydrogen-bond donors (Lipinski definition) is 3. The van der Waals surface area contributed by atoms with Crippen LogP contribution in [-0.4, -0.2) is 23.3 Å². The van der Waals surface area contributed by atoms with Crippen LogP contribution in [0.5, 0.6) is 0 Å². The van der Waals surface area contributed by atoms with Gasteiger partial charge in [-0.05, 0) is 29.2 Å². The highest BCUT2D eigenvalue weighted by molar-refractivity contribution is 8.04. The summed E-state index contributed by atoms with van der Waals surface area (Å²) >= 11 is 3.37. The molecule has 1 aliphatic carbocycles. The zero-order valence-electron chi connectivity index (χ0n) is 10.2. The van der Waals surface area contributed by atoms with Crippen LogP contribution in [0, 0.1) is 11.8 Å². The molecule has 2 heterocycles. The van der Waals surface area contributed by atoms with Gasteiger partial charge in [-0.15, -0.1) is 11.8 Å². The summed E-state index contributed by atoms with van der Waals surface area (Å²) in [6.45, 7) is 2.55. The number of rotatable bonds is 2. The lowest BCUT2D eigenvalue weighted by atomic mass is 9.86. The molecule has 0 aromatic rings. The molecule has 2 saturated heterocycles. The number of thioether (sulfide) groups is 1. The minimum absolute atomic E-state index is 0.00891. The first-order valence-electron chi connectivity index (χ1n) is 6.19. The van der Waals surface area contributed by atoms with E-state index in [0.29, 0.717) is 17.2 Å². The molecule has 3 rings (SSSR count). The Balaban J connectivity index is 1.60. The van der Waals surface area contributed by atoms with Crippen LogP contribution >= 0.6 is 23.7 Å². The molecular weight excluding hydrogens is 266 g/mol. The second kappa shape index (κ2) is 5.28. The van der Waals surface area contributed by atoms with E-state index in [0.717, 1.165) is 13.0 Å². The Morgan fingerprint density at radius 3 is 3.33 bits per heavy atom. The number of nitrogens with one attached hydrogen (secondary N) is 3. The van der Waals surface area contributed by atoms with E-state index in [1.54, 1.807) is 0 Å². The van der Waals surface area contributed by atoms with Crippen LogP contribution in [0.25, 0.3) is 0 Å². The molecule has 3 N–H and O–H groups in total. The van der Waals surface area contributed by atoms with Crippen LogP contribution in [0.4, 0.5) is 0 Å². The zero-order chi connectivity index (χ0) is 12.5. The lowest BCUT2D eigenvalue weighted by Gasteiger charge is -2.34. The normalized spacial score (nSPS) is 37.7. The van der Waals surface area contributed by atoms with Crippen LogP contribution < -0.4 is 15.4 Å². The highest BCUT2D eigenvalue weighted by Crippen LogP contribution is 2.49. The summed E-state index contributed by atoms with van der Waals surface area (Å²) < 4.78 is 2.77. The van der Waals surface area contributed by atoms with E-state index in [-0.39, 0.29) is 11.4 Å². The van der Waals surface area contributed by atoms with Gasteiger partial charge in [0.2, 0.25) is 5.91 Å². The fraction of sp³-hybridized carbons (Fsp3) is 0.583. The molecule has 4 unspecified atom stereocenters. The number of carbonyl (C=O) groups is 1. The fourth-order valence-electron chi connectivity index (χ4n) is 2.66. The van der Waals surface area contributed by atoms with Crippen molar-refractivity contribution in [3.05, 3.63) is 23.1 Å². The third-order valence-electron chi connectivity index (χ3n) is 3.50. The van der Waals surface area contributed by atoms with Gasteiger partial charge in [0.15, 0.2) is 0 Å². The van der Waals surface area contributed by atoms with Crippen molar-refractivity contribution in [2.45, 2.75) is 24.2 Å². The van der Waals surface area contributed by atoms with Crippen molar-refractivity contribution >= 4 is 29.6 Å². The van der Waals surface area contributed by atoms with Crippen LogP contribution in [0.15, 0.2) is 23.1 Å². The van der Waals surface area contributed by atoms with Crippen LogP contribution in [0.2, 0.25) is 0 Å². The summed E-state index contributed by atoms with van der Waals surface area (Å²) in [5.41, 5.74) is 0.108. The standard InChI is InChI=1S/C12H17N3OS2/c1-7(16)15-18-12-13-6-9-8-4-2-3-5-10(8)17-11(9)14-12/h2-3,5,8-9,11-14H,4,6H2,1H3,(H,15,16). The molecule has 0 spiro atoms. The van der Waals surface area contributed by atoms with E-state index >= 15 is 0 Å². The van der Waals surface area contributed by atoms with Gasteiger partial charge in [-0.1, -0.05) is 18.2 Å². The molecule has 6 heteroatoms. The predicted octanol–water partition coefficient (Wildman–Crippen LogP) is 1.40. The third kappa shape index (κ3) is 2.47. The lowest BCUT2D eigenvalue weighted by Crippen LogP contribution is -2.56. The Morgan fingerprint density at radius 1 is 1.61 bits per heavy atom. The second-order valence-electron chi connectivity index (χ2n) is 4.77. The summed E-state index contributed by atoms with van der Waals surface area (Å²) in [6, 6.07) is 0. The molecule has 3 aliphatic rings. The Bertz CT molecular complexity index is 410. The Morgan fingerprint density at radius 2 is 2.50 bits per heavy atom. The van der Waals surface area contributed by atoms with Gasteiger partial charge in [-0.3, -0.25) is 20.2 Å². The Kier molecular flexibility index (Phi) is 3.70. The smallest absolute Gasteiger partial charge is 0.226 e. The van der Waals surface area contributed by atoms with Crippen molar-refractivity contribution in [1.82, 2.24) is 15.4 Å². The number of allylic oxidation sites excluding steroid dienone is 4. The average molecular weight is 283 g/mol. The van der Waals surface area contributed by atoms with E-state index in [1.165, 1.54) is 23.8 Å². The molecule has 4 atom stereocenters. The van der Waals surface area contributed by atoms with Gasteiger partial charge in [-0.25, -0.2) is 0 Å². The first kappa shape index (κ1) is 12.6. The highest BCUT2D eigenvalue weighted by atomic mass is 32.2. The van der Waals surface area contributed by atoms with E-state index in [1.807, 2.05) is 11.8 Å². The maximum absolute atomic E-state index is 10.9. The van der Waals surface area contributed by atoms with Crippen LogP contribution in [-0.2, 0) is 4.79 Å². The molecule has 4 nitrogen and oxygen atoms in total. The molecule has 0 bridgehead atoms. The molecule has 2 aliphatic heterocycles. The predicted molar refractivity (Wildman–Crippen MR) is 76.5 cm³/mol. The number of carbonyl (C=O) groups excluding carboxylic acids is 1. The monoisotopic (exact) mass is 283 g/mol. The first-order valence-corrected chi connectivity index (χ1v) is 7.95. The Labute approximate surface area is 116 Å². The van der Waals surface area contributed by atoms with Gasteiger partial charge >= 0.3 is 0 Å². The van der Waals surface area contributed by atoms with Crippen molar-refractivity contribution in [1.29, 1.82) is 0 Å². The largest absolute Gasteiger partial charge is 0.298 e. The quantitative estimate of drug-likeness (QED) is 0.669. The molecule has 1 amide bonds. The summed E-state index contributed by atoms with van der Waals surface area (Å²) in [7, 11) is 0. The zero-order valence-corrected chi connectivity index (χ0v) is 11.8. The summed E-state index contributed by atoms with van der Waals surface area (Å²) in [6.07, 6.45) is 7.82. The maximum atomic E-state index is 10.9. The number of hydrogen-bond acceptors (Lipinski definition) is 5. The van der Waals surface area contributed by atoms with Gasteiger partial charge in [-0.2, -0.15) is 0 Å². The van der Waals surface area contributed by atoms with E-state index in [4.69, 9.17) is 0 Å². The molecule has 0 saturated carbocycles. The van der Waals surface area contributed by atoms with Gasteiger partial charge < -0.3 is 0 Å². The third-order valence-corrected chi connectivity index (χ3v) is 5.89. The molecule has 18 heavy (non-hydrogen) atoms. The van der Waals surface area contributed by atoms with E-state index in [2.05, 4.69) is 33.6 Å². The summed E-state index contributed by atoms with van der Waals surface area (Å²) in [5, 5.41) is 7.48. The first-order chi connectivity index (χ1) is 8.74. The fourth-order valence-corrected chi connectivity index (χ4v) is 4.99. The van der Waals surface area contributed by atoms with Crippen molar-refractivity contribution < 1.29 is 4.79 Å². The van der Waals surface area contributed by atoms with Crippen molar-refractivity contribution in [3.8, 4) is 0 Å². The van der Waals surface area contributed by atoms with Crippen LogP contribution in [0.1, 0.15) is 13.3 Å². The second-order valence-corrected chi connectivity index (χ2v) is 6.90. The molecule has 2 fully saturated rings. The van der Waals surface area contributed by atoms with E-state index < -0.39 is 0 Å². The van der Waals surface area contributed by atoms with Gasteiger partial charge in [0.1, 0.15) is 5.50 Å². The minimum Gasteiger partial charge on any atom is -0.298 e. The van der Waals surface area contributed by atoms with Crippen molar-refractivity contribution in [2.24, 2.45) is 11.8 Å². The molecule has 0 radical (unpaired) electrons. The van der Waals surface area contributed by atoms with Crippen LogP contribution in [0.3, 0.4) is 0 Å². The summed E-state index contributed by atoms with van der Waals surface area (Å²) in [4.78, 5) is 12.4. The number of amides is 1. The number of fused-ring (bicyclic) bond motifs is 3. The molecular formula is C12H17N3OS2. The maximum Gasteiger partial charge on any atom is 0.226 e. The average Bonchev–Trinajstić information content (AvgIpc) is 2.73. The highest BCUT2D eigenvalue weighted by Gasteiger charge is 2.43. The van der Waals surface area contributed by atoms with Gasteiger partial charge in [0.25, 0.3) is 0 Å². The van der Waals surface area contributed by atoms with E-state index in [9.17, 15) is 4.79 Å². The Hall–Kier alpha value is -0.430. The molecule has 0 aromatic carbocycles.